The maximum Gasteiger partial charge on any atom is 0.573 e. The third-order valence-corrected chi connectivity index (χ3v) is 4.96. The molecule has 1 aliphatic rings. The summed E-state index contributed by atoms with van der Waals surface area (Å²) in [4.78, 5) is 13.2. The van der Waals surface area contributed by atoms with Crippen molar-refractivity contribution in [3.05, 3.63) is 95.6 Å². The number of rotatable bonds is 5. The van der Waals surface area contributed by atoms with Gasteiger partial charge in [-0.3, -0.25) is 4.79 Å². The molecule has 1 heterocycles. The maximum atomic E-state index is 13.6. The highest BCUT2D eigenvalue weighted by atomic mass is 19.4. The molecule has 0 bridgehead atoms. The van der Waals surface area contributed by atoms with Crippen LogP contribution < -0.4 is 10.1 Å². The van der Waals surface area contributed by atoms with Gasteiger partial charge in [-0.25, -0.2) is 0 Å². The van der Waals surface area contributed by atoms with Gasteiger partial charge in [-0.15, -0.1) is 13.2 Å². The van der Waals surface area contributed by atoms with Crippen LogP contribution in [0.1, 0.15) is 23.6 Å². The zero-order valence-electron chi connectivity index (χ0n) is 16.6. The van der Waals surface area contributed by atoms with E-state index in [-0.39, 0.29) is 16.7 Å². The molecule has 2 aromatic carbocycles. The minimum atomic E-state index is -4.92. The number of ether oxygens (including phenoxy) is 1. The van der Waals surface area contributed by atoms with E-state index >= 15 is 0 Å². The Kier molecular flexibility index (Phi) is 5.95. The van der Waals surface area contributed by atoms with E-state index in [2.05, 4.69) is 16.6 Å². The first-order valence-electron chi connectivity index (χ1n) is 9.28. The Labute approximate surface area is 179 Å². The molecule has 168 valence electrons. The average Bonchev–Trinajstić information content (AvgIpc) is 2.99. The molecule has 0 spiro atoms. The molecule has 0 fully saturated rings. The number of carbonyl (C=O) groups is 1. The summed E-state index contributed by atoms with van der Waals surface area (Å²) in [6.07, 6.45) is -3.29. The highest BCUT2D eigenvalue weighted by Gasteiger charge is 2.52. The molecule has 0 unspecified atom stereocenters. The van der Waals surface area contributed by atoms with Gasteiger partial charge in [-0.2, -0.15) is 13.2 Å². The van der Waals surface area contributed by atoms with Gasteiger partial charge in [0.1, 0.15) is 11.2 Å². The minimum absolute atomic E-state index is 0.00283. The molecule has 1 atom stereocenters. The van der Waals surface area contributed by atoms with Gasteiger partial charge in [0.05, 0.1) is 11.3 Å². The fraction of sp³-hybridized carbons (Fsp3) is 0.174. The van der Waals surface area contributed by atoms with Crippen LogP contribution in [0, 0.1) is 0 Å². The molecule has 1 amide bonds. The number of halogens is 6. The number of alkyl halides is 6. The summed E-state index contributed by atoms with van der Waals surface area (Å²) in [5, 5.41) is 2.30. The van der Waals surface area contributed by atoms with Crippen molar-refractivity contribution in [1.29, 1.82) is 0 Å². The molecule has 0 radical (unpaired) electrons. The monoisotopic (exact) mass is 453 g/mol. The van der Waals surface area contributed by atoms with Crippen LogP contribution in [0.25, 0.3) is 0 Å². The number of benzene rings is 2. The summed E-state index contributed by atoms with van der Waals surface area (Å²) >= 11 is 0. The lowest BCUT2D eigenvalue weighted by Gasteiger charge is -2.29. The van der Waals surface area contributed by atoms with Crippen LogP contribution >= 0.6 is 0 Å². The molecule has 9 heteroatoms. The van der Waals surface area contributed by atoms with Crippen molar-refractivity contribution in [2.24, 2.45) is 0 Å². The topological polar surface area (TPSA) is 38.3 Å². The van der Waals surface area contributed by atoms with Gasteiger partial charge in [0, 0.05) is 5.56 Å². The van der Waals surface area contributed by atoms with Crippen molar-refractivity contribution in [2.45, 2.75) is 24.9 Å². The van der Waals surface area contributed by atoms with Gasteiger partial charge < -0.3 is 10.1 Å². The van der Waals surface area contributed by atoms with E-state index in [0.29, 0.717) is 0 Å². The summed E-state index contributed by atoms with van der Waals surface area (Å²) < 4.78 is 82.1. The predicted molar refractivity (Wildman–Crippen MR) is 107 cm³/mol. The van der Waals surface area contributed by atoms with Crippen LogP contribution in [0.5, 0.6) is 5.75 Å². The second-order valence-electron chi connectivity index (χ2n) is 6.91. The molecule has 2 aromatic rings. The fourth-order valence-electron chi connectivity index (χ4n) is 3.67. The van der Waals surface area contributed by atoms with Crippen LogP contribution in [0.4, 0.5) is 32.0 Å². The maximum absolute atomic E-state index is 13.6. The van der Waals surface area contributed by atoms with Crippen molar-refractivity contribution in [2.75, 3.05) is 5.32 Å². The number of fused-ring (bicyclic) bond motifs is 1. The lowest BCUT2D eigenvalue weighted by Crippen LogP contribution is -2.37. The number of para-hydroxylation sites is 1. The van der Waals surface area contributed by atoms with Gasteiger partial charge in [-0.05, 0) is 36.3 Å². The lowest BCUT2D eigenvalue weighted by molar-refractivity contribution is -0.274. The molecule has 3 rings (SSSR count). The molecule has 0 aromatic heterocycles. The van der Waals surface area contributed by atoms with Crippen LogP contribution in [-0.2, 0) is 16.4 Å². The molecular formula is C23H17F6NO2. The van der Waals surface area contributed by atoms with E-state index in [1.165, 1.54) is 30.3 Å². The van der Waals surface area contributed by atoms with Crippen molar-refractivity contribution in [3.8, 4) is 5.75 Å². The molecule has 1 aliphatic heterocycles. The molecule has 0 aliphatic carbocycles. The molecule has 3 nitrogen and oxygen atoms in total. The van der Waals surface area contributed by atoms with Crippen molar-refractivity contribution in [1.82, 2.24) is 0 Å². The minimum Gasteiger partial charge on any atom is -0.406 e. The number of amides is 1. The standard InChI is InChI=1S/C23H17F6NO2/c1-3-4-5-7-14(2)21(15-10-12-16(13-11-15)32-23(27,28)29)17-8-6-9-18(22(24,25)26)19(17)30-20(21)31/h3-13H,2H2,1H3,(H,30,31)/b4-3-,7-5-/t21-/m0/s1. The Morgan fingerprint density at radius 3 is 2.25 bits per heavy atom. The normalized spacial score (nSPS) is 18.8. The second kappa shape index (κ2) is 8.22. The number of anilines is 1. The number of carbonyl (C=O) groups excluding carboxylic acids is 1. The Bertz CT molecular complexity index is 1100. The van der Waals surface area contributed by atoms with Crippen molar-refractivity contribution >= 4 is 11.6 Å². The number of nitrogens with one attached hydrogen (secondary N) is 1. The highest BCUT2D eigenvalue weighted by Crippen LogP contribution is 2.51. The first-order chi connectivity index (χ1) is 14.9. The molecular weight excluding hydrogens is 436 g/mol. The Morgan fingerprint density at radius 2 is 1.69 bits per heavy atom. The third kappa shape index (κ3) is 4.15. The quantitative estimate of drug-likeness (QED) is 0.413. The second-order valence-corrected chi connectivity index (χ2v) is 6.91. The highest BCUT2D eigenvalue weighted by molar-refractivity contribution is 6.12. The Balaban J connectivity index is 2.24. The summed E-state index contributed by atoms with van der Waals surface area (Å²) in [6.45, 7) is 5.65. The SMILES string of the molecule is C=C(/C=C\C=C/C)[C@@]1(c2ccc(OC(F)(F)F)cc2)C(=O)Nc2c(C(F)(F)F)cccc21. The van der Waals surface area contributed by atoms with E-state index in [4.69, 9.17) is 0 Å². The average molecular weight is 453 g/mol. The summed E-state index contributed by atoms with van der Waals surface area (Å²) in [7, 11) is 0. The zero-order chi connectivity index (χ0) is 23.7. The van der Waals surface area contributed by atoms with Gasteiger partial charge in [0.2, 0.25) is 5.91 Å². The number of hydrogen-bond donors (Lipinski definition) is 1. The largest absolute Gasteiger partial charge is 0.573 e. The number of allylic oxidation sites excluding steroid dienone is 4. The van der Waals surface area contributed by atoms with Crippen LogP contribution in [0.3, 0.4) is 0 Å². The smallest absolute Gasteiger partial charge is 0.406 e. The molecule has 1 N–H and O–H groups in total. The predicted octanol–water partition coefficient (Wildman–Crippen LogP) is 6.53. The first-order valence-corrected chi connectivity index (χ1v) is 9.28. The third-order valence-electron chi connectivity index (χ3n) is 4.96. The molecule has 0 saturated carbocycles. The van der Waals surface area contributed by atoms with Crippen molar-refractivity contribution in [3.63, 3.8) is 0 Å². The van der Waals surface area contributed by atoms with E-state index < -0.39 is 40.9 Å². The number of hydrogen-bond acceptors (Lipinski definition) is 2. The Hall–Kier alpha value is -3.49. The first kappa shape index (κ1) is 23.2. The van der Waals surface area contributed by atoms with Crippen molar-refractivity contribution < 1.29 is 35.9 Å². The van der Waals surface area contributed by atoms with Crippen LogP contribution in [-0.4, -0.2) is 12.3 Å². The van der Waals surface area contributed by atoms with E-state index in [0.717, 1.165) is 18.2 Å². The van der Waals surface area contributed by atoms with E-state index in [9.17, 15) is 31.1 Å². The zero-order valence-corrected chi connectivity index (χ0v) is 16.6. The van der Waals surface area contributed by atoms with Crippen LogP contribution in [0.2, 0.25) is 0 Å². The van der Waals surface area contributed by atoms with Gasteiger partial charge in [-0.1, -0.05) is 55.1 Å². The summed E-state index contributed by atoms with van der Waals surface area (Å²) in [6, 6.07) is 7.75. The van der Waals surface area contributed by atoms with Crippen LogP contribution in [0.15, 0.2) is 78.9 Å². The van der Waals surface area contributed by atoms with Gasteiger partial charge in [0.15, 0.2) is 0 Å². The lowest BCUT2D eigenvalue weighted by atomic mass is 9.70. The summed E-state index contributed by atoms with van der Waals surface area (Å²) in [5.74, 6) is -1.34. The van der Waals surface area contributed by atoms with Gasteiger partial charge >= 0.3 is 12.5 Å². The van der Waals surface area contributed by atoms with Gasteiger partial charge in [0.25, 0.3) is 0 Å². The molecule has 0 saturated heterocycles. The summed E-state index contributed by atoms with van der Waals surface area (Å²) in [5.41, 5.74) is -2.97. The Morgan fingerprint density at radius 1 is 1.03 bits per heavy atom. The molecule has 32 heavy (non-hydrogen) atoms. The fourth-order valence-corrected chi connectivity index (χ4v) is 3.67. The van der Waals surface area contributed by atoms with E-state index in [1.54, 1.807) is 25.2 Å². The van der Waals surface area contributed by atoms with E-state index in [1.807, 2.05) is 0 Å².